The summed E-state index contributed by atoms with van der Waals surface area (Å²) in [5.41, 5.74) is 2.69. The summed E-state index contributed by atoms with van der Waals surface area (Å²) < 4.78 is 0. The lowest BCUT2D eigenvalue weighted by molar-refractivity contribution is 0.0940. The molecule has 7 heteroatoms. The van der Waals surface area contributed by atoms with Crippen molar-refractivity contribution in [2.45, 2.75) is 53.5 Å². The van der Waals surface area contributed by atoms with Gasteiger partial charge in [-0.3, -0.25) is 9.59 Å². The van der Waals surface area contributed by atoms with Gasteiger partial charge in [-0.25, -0.2) is 9.97 Å². The molecule has 29 heavy (non-hydrogen) atoms. The standard InChI is InChI=1S/C22H26N4O2S/c1-6-12(3)23-20(27)15-10-8-9-11-16(15)25-21(28)19-13(4)18-14(5)24-17(7-2)26-22(18)29-19/h8-12H,6-7H2,1-5H3,(H,23,27)(H,25,28)/t12-/m1/s1. The summed E-state index contributed by atoms with van der Waals surface area (Å²) >= 11 is 1.36. The molecule has 1 aromatic carbocycles. The van der Waals surface area contributed by atoms with Crippen LogP contribution in [0.4, 0.5) is 5.69 Å². The molecular formula is C22H26N4O2S. The van der Waals surface area contributed by atoms with Crippen molar-refractivity contribution in [1.82, 2.24) is 15.3 Å². The van der Waals surface area contributed by atoms with E-state index in [1.165, 1.54) is 11.3 Å². The number of carbonyl (C=O) groups is 2. The first-order chi connectivity index (χ1) is 13.8. The number of hydrogen-bond acceptors (Lipinski definition) is 5. The molecule has 0 aliphatic heterocycles. The monoisotopic (exact) mass is 410 g/mol. The van der Waals surface area contributed by atoms with Crippen LogP contribution in [0.2, 0.25) is 0 Å². The number of fused-ring (bicyclic) bond motifs is 1. The van der Waals surface area contributed by atoms with Crippen molar-refractivity contribution in [3.63, 3.8) is 0 Å². The van der Waals surface area contributed by atoms with Gasteiger partial charge < -0.3 is 10.6 Å². The van der Waals surface area contributed by atoms with Crippen molar-refractivity contribution in [3.8, 4) is 0 Å². The van der Waals surface area contributed by atoms with Gasteiger partial charge in [0.05, 0.1) is 16.1 Å². The number of nitrogens with zero attached hydrogens (tertiary/aromatic N) is 2. The molecule has 3 aromatic rings. The van der Waals surface area contributed by atoms with Crippen LogP contribution in [-0.2, 0) is 6.42 Å². The molecule has 3 rings (SSSR count). The highest BCUT2D eigenvalue weighted by molar-refractivity contribution is 7.20. The molecule has 0 spiro atoms. The SMILES string of the molecule is CCc1nc(C)c2c(C)c(C(=O)Nc3ccccc3C(=O)N[C@H](C)CC)sc2n1. The van der Waals surface area contributed by atoms with Crippen molar-refractivity contribution < 1.29 is 9.59 Å². The zero-order valence-corrected chi connectivity index (χ0v) is 18.2. The Morgan fingerprint density at radius 2 is 1.83 bits per heavy atom. The summed E-state index contributed by atoms with van der Waals surface area (Å²) in [6.07, 6.45) is 1.58. The highest BCUT2D eigenvalue weighted by atomic mass is 32.1. The maximum absolute atomic E-state index is 13.0. The largest absolute Gasteiger partial charge is 0.350 e. The van der Waals surface area contributed by atoms with Gasteiger partial charge in [-0.15, -0.1) is 11.3 Å². The Morgan fingerprint density at radius 1 is 1.10 bits per heavy atom. The Labute approximate surface area is 174 Å². The second-order valence-electron chi connectivity index (χ2n) is 7.10. The van der Waals surface area contributed by atoms with Crippen molar-refractivity contribution in [2.75, 3.05) is 5.32 Å². The number of hydrogen-bond donors (Lipinski definition) is 2. The van der Waals surface area contributed by atoms with Gasteiger partial charge in [0.15, 0.2) is 0 Å². The Morgan fingerprint density at radius 3 is 2.52 bits per heavy atom. The van der Waals surface area contributed by atoms with Crippen LogP contribution in [0.5, 0.6) is 0 Å². The summed E-state index contributed by atoms with van der Waals surface area (Å²) in [7, 11) is 0. The van der Waals surface area contributed by atoms with Crippen LogP contribution in [-0.4, -0.2) is 27.8 Å². The molecule has 0 aliphatic carbocycles. The molecule has 2 amide bonds. The van der Waals surface area contributed by atoms with E-state index >= 15 is 0 Å². The molecule has 0 aliphatic rings. The third-order valence-corrected chi connectivity index (χ3v) is 6.13. The number of para-hydroxylation sites is 1. The fourth-order valence-electron chi connectivity index (χ4n) is 3.14. The van der Waals surface area contributed by atoms with Gasteiger partial charge in [-0.1, -0.05) is 26.0 Å². The molecule has 0 unspecified atom stereocenters. The van der Waals surface area contributed by atoms with E-state index in [0.717, 1.165) is 40.1 Å². The minimum Gasteiger partial charge on any atom is -0.350 e. The normalized spacial score (nSPS) is 12.0. The van der Waals surface area contributed by atoms with Gasteiger partial charge in [0.1, 0.15) is 10.7 Å². The van der Waals surface area contributed by atoms with Crippen LogP contribution in [0.1, 0.15) is 64.3 Å². The number of benzene rings is 1. The molecule has 2 aromatic heterocycles. The highest BCUT2D eigenvalue weighted by Crippen LogP contribution is 2.32. The summed E-state index contributed by atoms with van der Waals surface area (Å²) in [5, 5.41) is 6.79. The van der Waals surface area contributed by atoms with Gasteiger partial charge >= 0.3 is 0 Å². The third-order valence-electron chi connectivity index (χ3n) is 4.95. The number of carbonyl (C=O) groups excluding carboxylic acids is 2. The third kappa shape index (κ3) is 4.29. The first-order valence-corrected chi connectivity index (χ1v) is 10.6. The van der Waals surface area contributed by atoms with Gasteiger partial charge in [0.25, 0.3) is 11.8 Å². The van der Waals surface area contributed by atoms with Crippen LogP contribution < -0.4 is 10.6 Å². The summed E-state index contributed by atoms with van der Waals surface area (Å²) in [4.78, 5) is 36.1. The highest BCUT2D eigenvalue weighted by Gasteiger charge is 2.21. The van der Waals surface area contributed by atoms with E-state index in [-0.39, 0.29) is 17.9 Å². The lowest BCUT2D eigenvalue weighted by Crippen LogP contribution is -2.32. The van der Waals surface area contributed by atoms with E-state index < -0.39 is 0 Å². The summed E-state index contributed by atoms with van der Waals surface area (Å²) in [5.74, 6) is 0.333. The van der Waals surface area contributed by atoms with E-state index in [9.17, 15) is 9.59 Å². The maximum Gasteiger partial charge on any atom is 0.266 e. The molecule has 152 valence electrons. The molecule has 0 bridgehead atoms. The topological polar surface area (TPSA) is 84.0 Å². The summed E-state index contributed by atoms with van der Waals surface area (Å²) in [6.45, 7) is 9.83. The fraction of sp³-hybridized carbons (Fsp3) is 0.364. The van der Waals surface area contributed by atoms with Gasteiger partial charge in [-0.2, -0.15) is 0 Å². The Balaban J connectivity index is 1.93. The van der Waals surface area contributed by atoms with E-state index in [1.54, 1.807) is 24.3 Å². The van der Waals surface area contributed by atoms with Crippen LogP contribution in [0, 0.1) is 13.8 Å². The van der Waals surface area contributed by atoms with Gasteiger partial charge in [0, 0.05) is 23.5 Å². The van der Waals surface area contributed by atoms with Gasteiger partial charge in [0.2, 0.25) is 0 Å². The van der Waals surface area contributed by atoms with Crippen LogP contribution >= 0.6 is 11.3 Å². The number of aryl methyl sites for hydroxylation is 3. The number of aromatic nitrogens is 2. The fourth-order valence-corrected chi connectivity index (χ4v) is 4.29. The second-order valence-corrected chi connectivity index (χ2v) is 8.10. The molecule has 0 saturated heterocycles. The van der Waals surface area contributed by atoms with Crippen molar-refractivity contribution in [2.24, 2.45) is 0 Å². The maximum atomic E-state index is 13.0. The van der Waals surface area contributed by atoms with E-state index in [4.69, 9.17) is 0 Å². The van der Waals surface area contributed by atoms with Crippen LogP contribution in [0.15, 0.2) is 24.3 Å². The predicted molar refractivity (Wildman–Crippen MR) is 118 cm³/mol. The molecule has 6 nitrogen and oxygen atoms in total. The molecule has 0 fully saturated rings. The Bertz CT molecular complexity index is 1070. The van der Waals surface area contributed by atoms with E-state index in [1.807, 2.05) is 34.6 Å². The number of nitrogens with one attached hydrogen (secondary N) is 2. The molecule has 0 saturated carbocycles. The van der Waals surface area contributed by atoms with E-state index in [2.05, 4.69) is 20.6 Å². The number of anilines is 1. The zero-order valence-electron chi connectivity index (χ0n) is 17.4. The Kier molecular flexibility index (Phi) is 6.27. The smallest absolute Gasteiger partial charge is 0.266 e. The molecule has 0 radical (unpaired) electrons. The minimum atomic E-state index is -0.244. The average molecular weight is 411 g/mol. The number of amides is 2. The van der Waals surface area contributed by atoms with Gasteiger partial charge in [-0.05, 0) is 44.9 Å². The molecule has 1 atom stereocenters. The minimum absolute atomic E-state index is 0.0606. The zero-order chi connectivity index (χ0) is 21.1. The number of rotatable bonds is 6. The Hall–Kier alpha value is -2.80. The first-order valence-electron chi connectivity index (χ1n) is 9.83. The lowest BCUT2D eigenvalue weighted by atomic mass is 10.1. The molecular weight excluding hydrogens is 384 g/mol. The summed E-state index contributed by atoms with van der Waals surface area (Å²) in [6, 6.07) is 7.11. The van der Waals surface area contributed by atoms with Crippen molar-refractivity contribution in [3.05, 3.63) is 51.8 Å². The molecule has 2 heterocycles. The molecule has 2 N–H and O–H groups in total. The lowest BCUT2D eigenvalue weighted by Gasteiger charge is -2.14. The van der Waals surface area contributed by atoms with Crippen molar-refractivity contribution >= 4 is 39.1 Å². The van der Waals surface area contributed by atoms with Crippen LogP contribution in [0.25, 0.3) is 10.2 Å². The number of thiophene rings is 1. The quantitative estimate of drug-likeness (QED) is 0.619. The average Bonchev–Trinajstić information content (AvgIpc) is 3.05. The van der Waals surface area contributed by atoms with Crippen molar-refractivity contribution in [1.29, 1.82) is 0 Å². The predicted octanol–water partition coefficient (Wildman–Crippen LogP) is 4.65. The first kappa shape index (κ1) is 20.9. The van der Waals surface area contributed by atoms with E-state index in [0.29, 0.717) is 16.1 Å². The van der Waals surface area contributed by atoms with Crippen LogP contribution in [0.3, 0.4) is 0 Å². The second kappa shape index (κ2) is 8.69.